The summed E-state index contributed by atoms with van der Waals surface area (Å²) in [7, 11) is 0. The van der Waals surface area contributed by atoms with E-state index in [-0.39, 0.29) is 0 Å². The van der Waals surface area contributed by atoms with Crippen molar-refractivity contribution in [1.82, 2.24) is 0 Å². The van der Waals surface area contributed by atoms with Crippen LogP contribution >= 0.6 is 11.3 Å². The second kappa shape index (κ2) is 12.2. The largest absolute Gasteiger partial charge is 0.456 e. The van der Waals surface area contributed by atoms with Gasteiger partial charge in [-0.2, -0.15) is 0 Å². The highest BCUT2D eigenvalue weighted by atomic mass is 32.1. The molecule has 0 N–H and O–H groups in total. The van der Waals surface area contributed by atoms with Crippen molar-refractivity contribution < 1.29 is 4.42 Å². The zero-order valence-electron chi connectivity index (χ0n) is 27.7. The number of hydrogen-bond donors (Lipinski definition) is 0. The zero-order chi connectivity index (χ0) is 33.7. The summed E-state index contributed by atoms with van der Waals surface area (Å²) in [5.74, 6) is 0. The highest BCUT2D eigenvalue weighted by Crippen LogP contribution is 2.46. The van der Waals surface area contributed by atoms with E-state index >= 15 is 0 Å². The third-order valence-corrected chi connectivity index (χ3v) is 11.0. The molecule has 2 aromatic heterocycles. The van der Waals surface area contributed by atoms with Gasteiger partial charge in [-0.3, -0.25) is 0 Å². The van der Waals surface area contributed by atoms with E-state index in [0.717, 1.165) is 50.1 Å². The Balaban J connectivity index is 1.13. The number of nitrogens with zero attached hydrogens (tertiary/aromatic N) is 1. The number of furan rings is 1. The van der Waals surface area contributed by atoms with Crippen LogP contribution in [-0.2, 0) is 0 Å². The van der Waals surface area contributed by atoms with E-state index in [1.165, 1.54) is 42.4 Å². The molecule has 51 heavy (non-hydrogen) atoms. The molecular weight excluding hydrogens is 639 g/mol. The van der Waals surface area contributed by atoms with Crippen LogP contribution in [0.3, 0.4) is 0 Å². The molecule has 0 bridgehead atoms. The van der Waals surface area contributed by atoms with Gasteiger partial charge in [0.25, 0.3) is 0 Å². The topological polar surface area (TPSA) is 16.4 Å². The molecule has 0 aliphatic carbocycles. The molecule has 3 heteroatoms. The molecule has 0 saturated heterocycles. The lowest BCUT2D eigenvalue weighted by Crippen LogP contribution is -2.11. The van der Waals surface area contributed by atoms with Crippen molar-refractivity contribution in [2.24, 2.45) is 0 Å². The van der Waals surface area contributed by atoms with Gasteiger partial charge in [-0.1, -0.05) is 140 Å². The SMILES string of the molecule is c1ccc(-c2ccc(-c3ccccc3N(c3ccc(-c4ccc5c(c4)sc4ccccc45)cc3)c3cccc4oc5ccccc5c34)cc2)cc1. The molecule has 240 valence electrons. The Bertz CT molecular complexity index is 2850. The van der Waals surface area contributed by atoms with E-state index in [1.807, 2.05) is 23.5 Å². The van der Waals surface area contributed by atoms with Crippen LogP contribution in [0, 0.1) is 0 Å². The Morgan fingerprint density at radius 2 is 0.961 bits per heavy atom. The van der Waals surface area contributed by atoms with E-state index in [2.05, 4.69) is 181 Å². The summed E-state index contributed by atoms with van der Waals surface area (Å²) in [5.41, 5.74) is 12.1. The van der Waals surface area contributed by atoms with Crippen LogP contribution in [0.2, 0.25) is 0 Å². The quantitative estimate of drug-likeness (QED) is 0.175. The molecule has 0 radical (unpaired) electrons. The van der Waals surface area contributed by atoms with Crippen molar-refractivity contribution in [1.29, 1.82) is 0 Å². The van der Waals surface area contributed by atoms with Crippen LogP contribution in [0.15, 0.2) is 192 Å². The first-order valence-corrected chi connectivity index (χ1v) is 18.1. The summed E-state index contributed by atoms with van der Waals surface area (Å²) in [6, 6.07) is 67.4. The smallest absolute Gasteiger partial charge is 0.137 e. The van der Waals surface area contributed by atoms with Crippen molar-refractivity contribution in [2.45, 2.75) is 0 Å². The highest BCUT2D eigenvalue weighted by molar-refractivity contribution is 7.25. The first-order valence-electron chi connectivity index (χ1n) is 17.3. The minimum absolute atomic E-state index is 0.872. The second-order valence-corrected chi connectivity index (χ2v) is 14.0. The lowest BCUT2D eigenvalue weighted by molar-refractivity contribution is 0.669. The third kappa shape index (κ3) is 5.10. The number of benzene rings is 8. The van der Waals surface area contributed by atoms with Crippen molar-refractivity contribution in [3.8, 4) is 33.4 Å². The Kier molecular flexibility index (Phi) is 7.04. The second-order valence-electron chi connectivity index (χ2n) is 12.9. The monoisotopic (exact) mass is 669 g/mol. The van der Waals surface area contributed by atoms with Crippen molar-refractivity contribution >= 4 is 70.5 Å². The summed E-state index contributed by atoms with van der Waals surface area (Å²) >= 11 is 1.86. The fraction of sp³-hybridized carbons (Fsp3) is 0. The number of hydrogen-bond acceptors (Lipinski definition) is 3. The summed E-state index contributed by atoms with van der Waals surface area (Å²) in [4.78, 5) is 2.39. The number of para-hydroxylation sites is 2. The van der Waals surface area contributed by atoms with Gasteiger partial charge in [0, 0.05) is 36.8 Å². The summed E-state index contributed by atoms with van der Waals surface area (Å²) in [6.07, 6.45) is 0. The fourth-order valence-electron chi connectivity index (χ4n) is 7.44. The van der Waals surface area contributed by atoms with Crippen LogP contribution in [-0.4, -0.2) is 0 Å². The predicted octanol–water partition coefficient (Wildman–Crippen LogP) is 14.4. The Hall–Kier alpha value is -6.42. The maximum atomic E-state index is 6.39. The molecule has 0 amide bonds. The molecule has 0 aliphatic rings. The van der Waals surface area contributed by atoms with Crippen molar-refractivity contribution in [3.05, 3.63) is 188 Å². The lowest BCUT2D eigenvalue weighted by atomic mass is 9.97. The van der Waals surface area contributed by atoms with Crippen LogP contribution in [0.4, 0.5) is 17.1 Å². The molecule has 2 nitrogen and oxygen atoms in total. The molecule has 0 saturated carbocycles. The lowest BCUT2D eigenvalue weighted by Gasteiger charge is -2.28. The average molecular weight is 670 g/mol. The molecule has 0 aliphatic heterocycles. The van der Waals surface area contributed by atoms with Gasteiger partial charge in [0.1, 0.15) is 11.2 Å². The first-order chi connectivity index (χ1) is 25.3. The van der Waals surface area contributed by atoms with E-state index in [9.17, 15) is 0 Å². The van der Waals surface area contributed by atoms with Crippen LogP contribution < -0.4 is 4.90 Å². The van der Waals surface area contributed by atoms with Gasteiger partial charge < -0.3 is 9.32 Å². The van der Waals surface area contributed by atoms with Gasteiger partial charge >= 0.3 is 0 Å². The standard InChI is InChI=1S/C48H31NOS/c1-2-11-32(12-3-1)33-21-23-35(24-22-33)38-13-4-7-16-42(38)49(43-17-10-19-45-48(43)41-15-5-8-18-44(41)50-45)37-28-25-34(26-29-37)36-27-30-40-39-14-6-9-20-46(39)51-47(40)31-36/h1-31H. The molecule has 0 atom stereocenters. The minimum Gasteiger partial charge on any atom is -0.456 e. The highest BCUT2D eigenvalue weighted by Gasteiger charge is 2.22. The average Bonchev–Trinajstić information content (AvgIpc) is 3.77. The zero-order valence-corrected chi connectivity index (χ0v) is 28.5. The summed E-state index contributed by atoms with van der Waals surface area (Å²) in [6.45, 7) is 0. The van der Waals surface area contributed by atoms with Gasteiger partial charge in [0.05, 0.1) is 16.8 Å². The number of thiophene rings is 1. The number of anilines is 3. The van der Waals surface area contributed by atoms with Gasteiger partial charge in [-0.05, 0) is 76.3 Å². The van der Waals surface area contributed by atoms with Crippen molar-refractivity contribution in [2.75, 3.05) is 4.90 Å². The molecule has 10 rings (SSSR count). The first kappa shape index (κ1) is 29.5. The molecule has 2 heterocycles. The van der Waals surface area contributed by atoms with Crippen molar-refractivity contribution in [3.63, 3.8) is 0 Å². The van der Waals surface area contributed by atoms with E-state index in [1.54, 1.807) is 0 Å². The third-order valence-electron chi connectivity index (χ3n) is 9.91. The van der Waals surface area contributed by atoms with E-state index in [4.69, 9.17) is 4.42 Å². The summed E-state index contributed by atoms with van der Waals surface area (Å²) in [5, 5.41) is 4.84. The number of rotatable bonds is 6. The summed E-state index contributed by atoms with van der Waals surface area (Å²) < 4.78 is 9.03. The Morgan fingerprint density at radius 1 is 0.373 bits per heavy atom. The normalized spacial score (nSPS) is 11.5. The van der Waals surface area contributed by atoms with Crippen LogP contribution in [0.5, 0.6) is 0 Å². The fourth-order valence-corrected chi connectivity index (χ4v) is 8.59. The van der Waals surface area contributed by atoms with Crippen LogP contribution in [0.1, 0.15) is 0 Å². The van der Waals surface area contributed by atoms with Gasteiger partial charge in [0.2, 0.25) is 0 Å². The van der Waals surface area contributed by atoms with E-state index in [0.29, 0.717) is 0 Å². The molecular formula is C48H31NOS. The molecule has 10 aromatic rings. The molecule has 0 spiro atoms. The molecule has 8 aromatic carbocycles. The maximum Gasteiger partial charge on any atom is 0.137 e. The maximum absolute atomic E-state index is 6.39. The van der Waals surface area contributed by atoms with Gasteiger partial charge in [-0.15, -0.1) is 11.3 Å². The van der Waals surface area contributed by atoms with Gasteiger partial charge in [0.15, 0.2) is 0 Å². The Labute approximate surface area is 300 Å². The van der Waals surface area contributed by atoms with Gasteiger partial charge in [-0.25, -0.2) is 0 Å². The molecule has 0 unspecified atom stereocenters. The van der Waals surface area contributed by atoms with Crippen LogP contribution in [0.25, 0.3) is 75.5 Å². The predicted molar refractivity (Wildman–Crippen MR) is 218 cm³/mol. The number of fused-ring (bicyclic) bond motifs is 6. The Morgan fingerprint density at radius 3 is 1.82 bits per heavy atom. The van der Waals surface area contributed by atoms with E-state index < -0.39 is 0 Å². The molecule has 0 fully saturated rings. The minimum atomic E-state index is 0.872.